The van der Waals surface area contributed by atoms with Crippen molar-refractivity contribution >= 4 is 0 Å². The Balaban J connectivity index is 3.21. The highest BCUT2D eigenvalue weighted by Crippen LogP contribution is 1.88. The predicted molar refractivity (Wildman–Crippen MR) is 20.9 cm³/mol. The van der Waals surface area contributed by atoms with E-state index in [0.29, 0.717) is 0 Å². The van der Waals surface area contributed by atoms with Gasteiger partial charge in [-0.25, -0.2) is 4.39 Å². The van der Waals surface area contributed by atoms with E-state index in [-0.39, 0.29) is 0 Å². The van der Waals surface area contributed by atoms with Crippen LogP contribution in [0.3, 0.4) is 0 Å². The zero-order valence-corrected chi connectivity index (χ0v) is 3.10. The molecule has 0 saturated carbocycles. The van der Waals surface area contributed by atoms with Gasteiger partial charge in [0.25, 0.3) is 0 Å². The van der Waals surface area contributed by atoms with Crippen LogP contribution in [0.1, 0.15) is 0 Å². The maximum atomic E-state index is 11.3. The molecule has 6 heavy (non-hydrogen) atoms. The Morgan fingerprint density at radius 1 is 2.00 bits per heavy atom. The highest BCUT2D eigenvalue weighted by atomic mass is 19.1. The van der Waals surface area contributed by atoms with Crippen LogP contribution in [0.5, 0.6) is 0 Å². The molecule has 2 nitrogen and oxygen atoms in total. The third-order valence-corrected chi connectivity index (χ3v) is 0.295. The third-order valence-electron chi connectivity index (χ3n) is 0.295. The standard InChI is InChI=1S/C3H4FNO/c1-2-3(4)5-6/h2-3H,1H2. The topological polar surface area (TPSA) is 29.4 Å². The lowest BCUT2D eigenvalue weighted by atomic mass is 10.6. The number of alkyl halides is 1. The molecule has 1 atom stereocenters. The zero-order chi connectivity index (χ0) is 4.99. The molecule has 0 heterocycles. The second-order valence-corrected chi connectivity index (χ2v) is 0.714. The molecular formula is C3H4FNO. The second kappa shape index (κ2) is 2.50. The van der Waals surface area contributed by atoms with Crippen molar-refractivity contribution in [3.63, 3.8) is 0 Å². The van der Waals surface area contributed by atoms with E-state index < -0.39 is 6.30 Å². The first-order valence-electron chi connectivity index (χ1n) is 1.40. The molecule has 0 amide bonds. The average Bonchev–Trinajstić information content (AvgIpc) is 1.65. The van der Waals surface area contributed by atoms with Gasteiger partial charge in [0.05, 0.1) is 0 Å². The van der Waals surface area contributed by atoms with Crippen molar-refractivity contribution in [1.29, 1.82) is 0 Å². The fourth-order valence-electron chi connectivity index (χ4n) is 0.0430. The van der Waals surface area contributed by atoms with Crippen molar-refractivity contribution in [3.8, 4) is 0 Å². The Hall–Kier alpha value is -0.730. The van der Waals surface area contributed by atoms with Gasteiger partial charge in [-0.1, -0.05) is 6.58 Å². The van der Waals surface area contributed by atoms with Crippen molar-refractivity contribution in [1.82, 2.24) is 0 Å². The van der Waals surface area contributed by atoms with E-state index in [1.807, 2.05) is 5.18 Å². The van der Waals surface area contributed by atoms with E-state index in [4.69, 9.17) is 4.91 Å². The van der Waals surface area contributed by atoms with Crippen LogP contribution in [0.25, 0.3) is 0 Å². The molecule has 0 aliphatic heterocycles. The summed E-state index contributed by atoms with van der Waals surface area (Å²) >= 11 is 0. The van der Waals surface area contributed by atoms with Crippen LogP contribution in [0, 0.1) is 4.91 Å². The summed E-state index contributed by atoms with van der Waals surface area (Å²) in [6.45, 7) is 2.96. The Morgan fingerprint density at radius 3 is 2.50 bits per heavy atom. The van der Waals surface area contributed by atoms with Gasteiger partial charge < -0.3 is 0 Å². The Morgan fingerprint density at radius 2 is 2.50 bits per heavy atom. The fourth-order valence-corrected chi connectivity index (χ4v) is 0.0430. The lowest BCUT2D eigenvalue weighted by Crippen LogP contribution is -1.81. The summed E-state index contributed by atoms with van der Waals surface area (Å²) in [7, 11) is 0. The molecule has 0 aliphatic carbocycles. The monoisotopic (exact) mass is 89.0 g/mol. The quantitative estimate of drug-likeness (QED) is 0.284. The number of hydrogen-bond acceptors (Lipinski definition) is 2. The molecule has 0 saturated heterocycles. The van der Waals surface area contributed by atoms with E-state index >= 15 is 0 Å². The molecule has 0 aliphatic rings. The van der Waals surface area contributed by atoms with Crippen molar-refractivity contribution in [3.05, 3.63) is 17.6 Å². The summed E-state index contributed by atoms with van der Waals surface area (Å²) in [5, 5.41) is 1.97. The highest BCUT2D eigenvalue weighted by molar-refractivity contribution is 4.74. The lowest BCUT2D eigenvalue weighted by molar-refractivity contribution is 0.413. The van der Waals surface area contributed by atoms with Gasteiger partial charge in [0.15, 0.2) is 0 Å². The molecule has 0 rings (SSSR count). The molecule has 0 N–H and O–H groups in total. The normalized spacial score (nSPS) is 12.8. The molecule has 0 radical (unpaired) electrons. The molecule has 0 aromatic heterocycles. The van der Waals surface area contributed by atoms with E-state index in [1.165, 1.54) is 0 Å². The van der Waals surface area contributed by atoms with Gasteiger partial charge in [-0.2, -0.15) is 0 Å². The van der Waals surface area contributed by atoms with Crippen LogP contribution in [0.2, 0.25) is 0 Å². The summed E-state index contributed by atoms with van der Waals surface area (Å²) in [6.07, 6.45) is -0.905. The Kier molecular flexibility index (Phi) is 2.20. The Labute approximate surface area is 34.6 Å². The molecular weight excluding hydrogens is 85.0 g/mol. The van der Waals surface area contributed by atoms with Crippen LogP contribution in [-0.2, 0) is 0 Å². The van der Waals surface area contributed by atoms with Crippen molar-refractivity contribution in [2.45, 2.75) is 6.30 Å². The van der Waals surface area contributed by atoms with E-state index in [0.717, 1.165) is 6.08 Å². The van der Waals surface area contributed by atoms with E-state index in [2.05, 4.69) is 6.58 Å². The molecule has 34 valence electrons. The molecule has 0 aromatic carbocycles. The smallest absolute Gasteiger partial charge is 0.213 e. The summed E-state index contributed by atoms with van der Waals surface area (Å²) in [6, 6.07) is 0. The minimum atomic E-state index is -1.73. The highest BCUT2D eigenvalue weighted by Gasteiger charge is 1.91. The number of nitroso groups, excluding NO2 is 1. The summed E-state index contributed by atoms with van der Waals surface area (Å²) in [5.74, 6) is 0. The zero-order valence-electron chi connectivity index (χ0n) is 3.10. The Bertz CT molecular complexity index is 55.8. The van der Waals surface area contributed by atoms with Crippen LogP contribution < -0.4 is 0 Å². The van der Waals surface area contributed by atoms with Crippen LogP contribution in [0.15, 0.2) is 17.8 Å². The number of halogens is 1. The van der Waals surface area contributed by atoms with Crippen LogP contribution in [0.4, 0.5) is 4.39 Å². The van der Waals surface area contributed by atoms with E-state index in [9.17, 15) is 4.39 Å². The molecule has 0 spiro atoms. The molecule has 0 bridgehead atoms. The maximum Gasteiger partial charge on any atom is 0.248 e. The first-order valence-corrected chi connectivity index (χ1v) is 1.40. The van der Waals surface area contributed by atoms with Gasteiger partial charge in [0, 0.05) is 0 Å². The second-order valence-electron chi connectivity index (χ2n) is 0.714. The van der Waals surface area contributed by atoms with Gasteiger partial charge in [-0.05, 0) is 11.3 Å². The van der Waals surface area contributed by atoms with Crippen LogP contribution in [-0.4, -0.2) is 6.30 Å². The van der Waals surface area contributed by atoms with Crippen molar-refractivity contribution in [2.24, 2.45) is 5.18 Å². The van der Waals surface area contributed by atoms with Crippen LogP contribution >= 0.6 is 0 Å². The van der Waals surface area contributed by atoms with Crippen molar-refractivity contribution < 1.29 is 4.39 Å². The first-order chi connectivity index (χ1) is 2.81. The summed E-state index contributed by atoms with van der Waals surface area (Å²) in [5.41, 5.74) is 0. The fraction of sp³-hybridized carbons (Fsp3) is 0.333. The van der Waals surface area contributed by atoms with Gasteiger partial charge in [0.2, 0.25) is 6.30 Å². The SMILES string of the molecule is C=CC(F)N=O. The van der Waals surface area contributed by atoms with E-state index in [1.54, 1.807) is 0 Å². The molecule has 1 unspecified atom stereocenters. The largest absolute Gasteiger partial charge is 0.248 e. The molecule has 0 fully saturated rings. The van der Waals surface area contributed by atoms with Gasteiger partial charge in [-0.15, -0.1) is 4.91 Å². The minimum absolute atomic E-state index is 0.826. The molecule has 0 aromatic rings. The predicted octanol–water partition coefficient (Wildman–Crippen LogP) is 1.23. The number of hydrogen-bond donors (Lipinski definition) is 0. The van der Waals surface area contributed by atoms with Gasteiger partial charge in [0.1, 0.15) is 0 Å². The molecule has 3 heteroatoms. The third kappa shape index (κ3) is 1.58. The summed E-state index contributed by atoms with van der Waals surface area (Å²) < 4.78 is 11.3. The lowest BCUT2D eigenvalue weighted by Gasteiger charge is -1.78. The maximum absolute atomic E-state index is 11.3. The number of nitrogens with zero attached hydrogens (tertiary/aromatic N) is 1. The van der Waals surface area contributed by atoms with Crippen molar-refractivity contribution in [2.75, 3.05) is 0 Å². The summed E-state index contributed by atoms with van der Waals surface area (Å²) in [4.78, 5) is 9.04. The van der Waals surface area contributed by atoms with Gasteiger partial charge in [-0.3, -0.25) is 0 Å². The number of rotatable bonds is 2. The minimum Gasteiger partial charge on any atom is -0.213 e. The average molecular weight is 89.1 g/mol. The van der Waals surface area contributed by atoms with Gasteiger partial charge >= 0.3 is 0 Å². The first kappa shape index (κ1) is 5.27.